The van der Waals surface area contributed by atoms with Gasteiger partial charge in [-0.15, -0.1) is 0 Å². The van der Waals surface area contributed by atoms with Crippen molar-refractivity contribution < 1.29 is 23.3 Å². The van der Waals surface area contributed by atoms with Crippen molar-refractivity contribution in [3.63, 3.8) is 0 Å². The molecule has 1 N–H and O–H groups in total. The topological polar surface area (TPSA) is 151 Å². The molecule has 12 heteroatoms. The zero-order valence-corrected chi connectivity index (χ0v) is 44.7. The maximum Gasteiger partial charge on any atom is 0.292 e. The normalized spacial score (nSPS) is 11.3. The fraction of sp³-hybridized carbons (Fsp3) is 0. The van der Waals surface area contributed by atoms with Crippen LogP contribution in [0.3, 0.4) is 0 Å². The Morgan fingerprint density at radius 3 is 1.33 bits per heavy atom. The van der Waals surface area contributed by atoms with Crippen LogP contribution in [-0.2, 0) is 0 Å². The number of nitrogens with zero attached hydrogens (tertiary/aromatic N) is 5. The second-order valence-corrected chi connectivity index (χ2v) is 20.1. The molecule has 84 heavy (non-hydrogen) atoms. The van der Waals surface area contributed by atoms with E-state index in [1.54, 1.807) is 42.9 Å². The van der Waals surface area contributed by atoms with Crippen molar-refractivity contribution in [3.05, 3.63) is 282 Å². The molecule has 0 bridgehead atoms. The number of carbonyl (C=O) groups is 2. The van der Waals surface area contributed by atoms with E-state index in [0.717, 1.165) is 140 Å². The number of nitrogens with one attached hydrogen (secondary N) is 1. The van der Waals surface area contributed by atoms with Gasteiger partial charge in [0.05, 0.1) is 39.5 Å². The van der Waals surface area contributed by atoms with Gasteiger partial charge in [-0.25, -0.2) is 9.97 Å². The van der Waals surface area contributed by atoms with Crippen LogP contribution in [0.1, 0.15) is 20.7 Å². The Balaban J connectivity index is 0.000000139. The van der Waals surface area contributed by atoms with Crippen LogP contribution in [0.25, 0.3) is 121 Å². The maximum atomic E-state index is 11.0. The molecule has 16 rings (SSSR count). The Morgan fingerprint density at radius 2 is 0.810 bits per heavy atom. The number of aldehydes is 2. The minimum atomic E-state index is -0.398. The first-order valence-corrected chi connectivity index (χ1v) is 27.2. The Kier molecular flexibility index (Phi) is 12.8. The van der Waals surface area contributed by atoms with E-state index in [1.807, 2.05) is 84.9 Å². The number of nitro groups is 1. The monoisotopic (exact) mass is 1090 g/mol. The van der Waals surface area contributed by atoms with E-state index in [-0.39, 0.29) is 5.69 Å². The lowest BCUT2D eigenvalue weighted by Gasteiger charge is -2.13. The molecule has 12 nitrogen and oxygen atoms in total. The van der Waals surface area contributed by atoms with E-state index in [4.69, 9.17) is 18.8 Å². The van der Waals surface area contributed by atoms with E-state index >= 15 is 0 Å². The van der Waals surface area contributed by atoms with Gasteiger partial charge in [0.25, 0.3) is 5.69 Å². The summed E-state index contributed by atoms with van der Waals surface area (Å²) in [6.07, 6.45) is 5.09. The molecule has 0 fully saturated rings. The first-order valence-electron chi connectivity index (χ1n) is 27.2. The average Bonchev–Trinajstić information content (AvgIpc) is 3.78. The Labute approximate surface area is 478 Å². The highest BCUT2D eigenvalue weighted by Crippen LogP contribution is 2.42. The number of furan rings is 2. The molecule has 16 aromatic rings. The minimum Gasteiger partial charge on any atom is -0.464 e. The molecule has 0 saturated carbocycles. The maximum absolute atomic E-state index is 11.0. The van der Waals surface area contributed by atoms with Crippen LogP contribution in [0.5, 0.6) is 0 Å². The number of imidazole rings is 2. The number of nitro benzene ring substituents is 1. The summed E-state index contributed by atoms with van der Waals surface area (Å²) in [5.41, 5.74) is 12.6. The van der Waals surface area contributed by atoms with Crippen LogP contribution in [0.2, 0.25) is 0 Å². The van der Waals surface area contributed by atoms with Crippen molar-refractivity contribution in [3.8, 4) is 34.2 Å². The zero-order valence-electron chi connectivity index (χ0n) is 44.7. The predicted molar refractivity (Wildman–Crippen MR) is 336 cm³/mol. The number of hydrogen-bond acceptors (Lipinski definition) is 9. The lowest BCUT2D eigenvalue weighted by molar-refractivity contribution is -0.383. The summed E-state index contributed by atoms with van der Waals surface area (Å²) in [7, 11) is 0. The summed E-state index contributed by atoms with van der Waals surface area (Å²) < 4.78 is 16.2. The lowest BCUT2D eigenvalue weighted by atomic mass is 9.95. The van der Waals surface area contributed by atoms with Crippen LogP contribution >= 0.6 is 0 Å². The van der Waals surface area contributed by atoms with Crippen molar-refractivity contribution in [1.82, 2.24) is 19.1 Å². The highest BCUT2D eigenvalue weighted by Gasteiger charge is 2.21. The standard InChI is InChI=1S/C42H26N4O.C18H10O3.C12H10N2O2/c1-3-11-29(12-4-1)45-38-17-9-7-15-36(38)43-41(45)27-19-21-31-33-23-24-47-40(33)32-22-20-28(26-35(32)34(31)25-27)42-44-37-16-8-10-18-39(37)46(42)30-13-5-2-6-14-30;19-9-11-1-3-13-15-5-6-21-18(15)14-4-2-12(10-20)8-17(14)16(13)7-11;15-14(16)12-9-5-4-8-11(12)13-10-6-2-1-3-7-10/h1-26H;1-10H;1-9,13H. The van der Waals surface area contributed by atoms with E-state index in [9.17, 15) is 19.7 Å². The summed E-state index contributed by atoms with van der Waals surface area (Å²) in [6.45, 7) is 0. The molecule has 4 aromatic heterocycles. The molecule has 0 radical (unpaired) electrons. The zero-order chi connectivity index (χ0) is 56.7. The van der Waals surface area contributed by atoms with Gasteiger partial charge in [0.15, 0.2) is 0 Å². The molecular formula is C72H46N6O6. The van der Waals surface area contributed by atoms with Gasteiger partial charge in [-0.1, -0.05) is 127 Å². The summed E-state index contributed by atoms with van der Waals surface area (Å²) in [5.74, 6) is 1.80. The Hall–Kier alpha value is -11.8. The fourth-order valence-corrected chi connectivity index (χ4v) is 11.4. The van der Waals surface area contributed by atoms with Gasteiger partial charge in [-0.3, -0.25) is 28.8 Å². The number of fused-ring (bicyclic) bond motifs is 14. The van der Waals surface area contributed by atoms with Crippen molar-refractivity contribution in [2.24, 2.45) is 0 Å². The van der Waals surface area contributed by atoms with E-state index in [2.05, 4.69) is 142 Å². The van der Waals surface area contributed by atoms with Crippen LogP contribution in [-0.4, -0.2) is 36.6 Å². The number of anilines is 2. The highest BCUT2D eigenvalue weighted by molar-refractivity contribution is 6.26. The second-order valence-electron chi connectivity index (χ2n) is 20.1. The first-order chi connectivity index (χ1) is 41.4. The molecule has 4 heterocycles. The highest BCUT2D eigenvalue weighted by atomic mass is 16.6. The molecule has 0 unspecified atom stereocenters. The van der Waals surface area contributed by atoms with E-state index in [1.165, 1.54) is 6.07 Å². The largest absolute Gasteiger partial charge is 0.464 e. The third-order valence-electron chi connectivity index (χ3n) is 15.2. The van der Waals surface area contributed by atoms with Gasteiger partial charge in [0.1, 0.15) is 41.1 Å². The van der Waals surface area contributed by atoms with Crippen molar-refractivity contribution >= 4 is 117 Å². The number of aromatic nitrogens is 4. The minimum absolute atomic E-state index is 0.0753. The summed E-state index contributed by atoms with van der Waals surface area (Å²) in [6, 6.07) is 81.8. The summed E-state index contributed by atoms with van der Waals surface area (Å²) in [4.78, 5) is 42.8. The predicted octanol–water partition coefficient (Wildman–Crippen LogP) is 18.5. The van der Waals surface area contributed by atoms with Gasteiger partial charge in [-0.2, -0.15) is 0 Å². The van der Waals surface area contributed by atoms with Gasteiger partial charge in [0, 0.05) is 66.9 Å². The Bertz CT molecular complexity index is 4930. The molecule has 0 aliphatic rings. The molecule has 0 spiro atoms. The van der Waals surface area contributed by atoms with Crippen molar-refractivity contribution in [2.75, 3.05) is 5.32 Å². The third kappa shape index (κ3) is 9.02. The van der Waals surface area contributed by atoms with Gasteiger partial charge in [0.2, 0.25) is 0 Å². The summed E-state index contributed by atoms with van der Waals surface area (Å²) in [5, 5.41) is 24.2. The molecule has 0 aliphatic carbocycles. The molecular weight excluding hydrogens is 1040 g/mol. The molecule has 0 aliphatic heterocycles. The smallest absolute Gasteiger partial charge is 0.292 e. The van der Waals surface area contributed by atoms with E-state index < -0.39 is 4.92 Å². The van der Waals surface area contributed by atoms with Crippen molar-refractivity contribution in [2.45, 2.75) is 0 Å². The molecule has 0 saturated heterocycles. The van der Waals surface area contributed by atoms with Gasteiger partial charge in [-0.05, 0) is 148 Å². The van der Waals surface area contributed by atoms with Crippen LogP contribution in [0.15, 0.2) is 270 Å². The number of benzene rings is 12. The summed E-state index contributed by atoms with van der Waals surface area (Å²) >= 11 is 0. The first kappa shape index (κ1) is 50.5. The second kappa shape index (κ2) is 21.4. The lowest BCUT2D eigenvalue weighted by Crippen LogP contribution is -1.98. The molecule has 0 atom stereocenters. The van der Waals surface area contributed by atoms with Crippen LogP contribution in [0.4, 0.5) is 17.1 Å². The Morgan fingerprint density at radius 1 is 0.405 bits per heavy atom. The number of rotatable bonds is 9. The SMILES string of the molecule is O=Cc1ccc2c(c1)c1cc(C=O)ccc1c1occc21.O=[N+]([O-])c1ccccc1Nc1ccccc1.c1ccc(-n2c(-c3ccc4c(c3)c3cc(-c5nc6ccccc6n5-c5ccccc5)ccc3c3occc43)nc3ccccc32)cc1. The van der Waals surface area contributed by atoms with E-state index in [0.29, 0.717) is 16.8 Å². The van der Waals surface area contributed by atoms with Crippen LogP contribution in [0, 0.1) is 10.1 Å². The number of para-hydroxylation sites is 9. The number of hydrogen-bond donors (Lipinski definition) is 1. The molecule has 0 amide bonds. The van der Waals surface area contributed by atoms with Crippen LogP contribution < -0.4 is 5.32 Å². The van der Waals surface area contributed by atoms with Gasteiger partial charge >= 0.3 is 0 Å². The molecule has 400 valence electrons. The fourth-order valence-electron chi connectivity index (χ4n) is 11.4. The quantitative estimate of drug-likeness (QED) is 0.0644. The molecule has 12 aromatic carbocycles. The van der Waals surface area contributed by atoms with Gasteiger partial charge < -0.3 is 14.2 Å². The van der Waals surface area contributed by atoms with Crippen molar-refractivity contribution in [1.29, 1.82) is 0 Å². The number of carbonyl (C=O) groups excluding carboxylic acids is 2. The third-order valence-corrected chi connectivity index (χ3v) is 15.2. The average molecular weight is 1090 g/mol.